The number of hydrogen-bond donors (Lipinski definition) is 1. The summed E-state index contributed by atoms with van der Waals surface area (Å²) in [5, 5.41) is 10.9. The lowest BCUT2D eigenvalue weighted by Crippen LogP contribution is -2.41. The second-order valence-corrected chi connectivity index (χ2v) is 9.57. The number of likely N-dealkylation sites (tertiary alicyclic amines) is 1. The molecule has 1 amide bonds. The van der Waals surface area contributed by atoms with Crippen molar-refractivity contribution in [3.63, 3.8) is 0 Å². The number of aryl methyl sites for hydroxylation is 2. The van der Waals surface area contributed by atoms with Gasteiger partial charge in [0.25, 0.3) is 0 Å². The maximum Gasteiger partial charge on any atom is 0.230 e. The van der Waals surface area contributed by atoms with Crippen LogP contribution < -0.4 is 4.90 Å². The zero-order chi connectivity index (χ0) is 19.3. The van der Waals surface area contributed by atoms with Gasteiger partial charge in [0.1, 0.15) is 16.5 Å². The number of aromatic nitrogens is 2. The van der Waals surface area contributed by atoms with Gasteiger partial charge in [0.15, 0.2) is 0 Å². The Morgan fingerprint density at radius 1 is 1.18 bits per heavy atom. The summed E-state index contributed by atoms with van der Waals surface area (Å²) in [5.41, 5.74) is 1.46. The lowest BCUT2D eigenvalue weighted by Gasteiger charge is -2.29. The largest absolute Gasteiger partial charge is 0.393 e. The fourth-order valence-electron chi connectivity index (χ4n) is 4.51. The number of amides is 1. The first kappa shape index (κ1) is 18.3. The van der Waals surface area contributed by atoms with Gasteiger partial charge >= 0.3 is 0 Å². The summed E-state index contributed by atoms with van der Waals surface area (Å²) in [6.07, 6.45) is 8.52. The highest BCUT2D eigenvalue weighted by Gasteiger charge is 2.31. The third-order valence-corrected chi connectivity index (χ3v) is 7.58. The lowest BCUT2D eigenvalue weighted by molar-refractivity contribution is -0.132. The third-order valence-electron chi connectivity index (χ3n) is 6.40. The standard InChI is InChI=1S/C21H28N4O2S/c1-24(13-6-7-13)20-19-15-4-2-3-5-16(15)28-21(19)23-17(22-20)12-18(27)25-10-8-14(26)9-11-25/h13-14,26H,2-12H2,1H3. The van der Waals surface area contributed by atoms with Crippen molar-refractivity contribution in [3.8, 4) is 0 Å². The van der Waals surface area contributed by atoms with Crippen LogP contribution in [0.2, 0.25) is 0 Å². The van der Waals surface area contributed by atoms with E-state index in [1.54, 1.807) is 11.3 Å². The molecule has 0 aromatic carbocycles. The molecule has 150 valence electrons. The molecule has 2 aromatic heterocycles. The molecular weight excluding hydrogens is 372 g/mol. The van der Waals surface area contributed by atoms with Gasteiger partial charge in [-0.3, -0.25) is 4.79 Å². The minimum absolute atomic E-state index is 0.0765. The maximum absolute atomic E-state index is 12.8. The van der Waals surface area contributed by atoms with Crippen LogP contribution in [0.1, 0.15) is 54.8 Å². The maximum atomic E-state index is 12.8. The molecule has 2 fully saturated rings. The Labute approximate surface area is 169 Å². The van der Waals surface area contributed by atoms with E-state index in [0.29, 0.717) is 37.8 Å². The topological polar surface area (TPSA) is 69.6 Å². The van der Waals surface area contributed by atoms with E-state index in [1.807, 2.05) is 4.90 Å². The monoisotopic (exact) mass is 400 g/mol. The van der Waals surface area contributed by atoms with E-state index in [1.165, 1.54) is 41.5 Å². The zero-order valence-corrected chi connectivity index (χ0v) is 17.3. The van der Waals surface area contributed by atoms with Crippen molar-refractivity contribution in [2.45, 2.75) is 69.9 Å². The molecule has 0 spiro atoms. The SMILES string of the molecule is CN(c1nc(CC(=O)N2CCC(O)CC2)nc2sc3c(c12)CCCC3)C1CC1. The number of nitrogens with zero attached hydrogens (tertiary/aromatic N) is 4. The van der Waals surface area contributed by atoms with Crippen molar-refractivity contribution in [3.05, 3.63) is 16.3 Å². The average molecular weight is 401 g/mol. The minimum Gasteiger partial charge on any atom is -0.393 e. The first-order valence-electron chi connectivity index (χ1n) is 10.6. The fraction of sp³-hybridized carbons (Fsp3) is 0.667. The van der Waals surface area contributed by atoms with Gasteiger partial charge in [-0.05, 0) is 56.9 Å². The van der Waals surface area contributed by atoms with E-state index in [-0.39, 0.29) is 18.4 Å². The third kappa shape index (κ3) is 3.39. The predicted octanol–water partition coefficient (Wildman–Crippen LogP) is 2.69. The molecule has 1 saturated heterocycles. The van der Waals surface area contributed by atoms with E-state index in [0.717, 1.165) is 23.5 Å². The highest BCUT2D eigenvalue weighted by Crippen LogP contribution is 2.41. The summed E-state index contributed by atoms with van der Waals surface area (Å²) in [4.78, 5) is 29.2. The van der Waals surface area contributed by atoms with Crippen molar-refractivity contribution >= 4 is 33.3 Å². The van der Waals surface area contributed by atoms with Crippen LogP contribution in [0.15, 0.2) is 0 Å². The van der Waals surface area contributed by atoms with Crippen molar-refractivity contribution in [1.29, 1.82) is 0 Å². The van der Waals surface area contributed by atoms with Crippen molar-refractivity contribution < 1.29 is 9.90 Å². The summed E-state index contributed by atoms with van der Waals surface area (Å²) < 4.78 is 0. The molecular formula is C21H28N4O2S. The van der Waals surface area contributed by atoms with Crippen LogP contribution in [0.25, 0.3) is 10.2 Å². The first-order valence-corrected chi connectivity index (χ1v) is 11.4. The van der Waals surface area contributed by atoms with Crippen LogP contribution in [0.5, 0.6) is 0 Å². The molecule has 5 rings (SSSR count). The molecule has 2 aliphatic carbocycles. The van der Waals surface area contributed by atoms with E-state index < -0.39 is 0 Å². The normalized spacial score (nSPS) is 20.4. The van der Waals surface area contributed by atoms with Gasteiger partial charge < -0.3 is 14.9 Å². The van der Waals surface area contributed by atoms with Gasteiger partial charge in [0, 0.05) is 31.1 Å². The number of piperidine rings is 1. The molecule has 3 aliphatic rings. The van der Waals surface area contributed by atoms with Crippen molar-refractivity contribution in [1.82, 2.24) is 14.9 Å². The van der Waals surface area contributed by atoms with Gasteiger partial charge in [0.2, 0.25) is 5.91 Å². The molecule has 0 radical (unpaired) electrons. The predicted molar refractivity (Wildman–Crippen MR) is 111 cm³/mol. The van der Waals surface area contributed by atoms with Crippen LogP contribution >= 0.6 is 11.3 Å². The van der Waals surface area contributed by atoms with E-state index in [9.17, 15) is 9.90 Å². The summed E-state index contributed by atoms with van der Waals surface area (Å²) in [7, 11) is 2.14. The van der Waals surface area contributed by atoms with Crippen LogP contribution in [0, 0.1) is 0 Å². The second kappa shape index (κ2) is 7.26. The number of aliphatic hydroxyl groups excluding tert-OH is 1. The van der Waals surface area contributed by atoms with Crippen LogP contribution in [0.4, 0.5) is 5.82 Å². The van der Waals surface area contributed by atoms with E-state index in [2.05, 4.69) is 11.9 Å². The molecule has 6 nitrogen and oxygen atoms in total. The molecule has 0 bridgehead atoms. The fourth-order valence-corrected chi connectivity index (χ4v) is 5.79. The highest BCUT2D eigenvalue weighted by molar-refractivity contribution is 7.19. The second-order valence-electron chi connectivity index (χ2n) is 8.49. The Morgan fingerprint density at radius 2 is 1.93 bits per heavy atom. The summed E-state index contributed by atoms with van der Waals surface area (Å²) in [5.74, 6) is 1.75. The number of thiophene rings is 1. The first-order chi connectivity index (χ1) is 13.6. The minimum atomic E-state index is -0.270. The number of carbonyl (C=O) groups excluding carboxylic acids is 1. The molecule has 0 atom stereocenters. The quantitative estimate of drug-likeness (QED) is 0.855. The molecule has 1 saturated carbocycles. The van der Waals surface area contributed by atoms with Crippen molar-refractivity contribution in [2.24, 2.45) is 0 Å². The van der Waals surface area contributed by atoms with Crippen LogP contribution in [-0.4, -0.2) is 58.2 Å². The molecule has 1 aliphatic heterocycles. The molecule has 2 aromatic rings. The Kier molecular flexibility index (Phi) is 4.75. The van der Waals surface area contributed by atoms with Gasteiger partial charge in [-0.1, -0.05) is 0 Å². The Bertz CT molecular complexity index is 899. The molecule has 7 heteroatoms. The highest BCUT2D eigenvalue weighted by atomic mass is 32.1. The Morgan fingerprint density at radius 3 is 2.68 bits per heavy atom. The molecule has 28 heavy (non-hydrogen) atoms. The lowest BCUT2D eigenvalue weighted by atomic mass is 9.97. The number of fused-ring (bicyclic) bond motifs is 3. The van der Waals surface area contributed by atoms with Gasteiger partial charge in [-0.2, -0.15) is 0 Å². The molecule has 0 unspecified atom stereocenters. The van der Waals surface area contributed by atoms with Crippen LogP contribution in [-0.2, 0) is 24.1 Å². The smallest absolute Gasteiger partial charge is 0.230 e. The zero-order valence-electron chi connectivity index (χ0n) is 16.5. The Balaban J connectivity index is 1.48. The summed E-state index contributed by atoms with van der Waals surface area (Å²) in [6.45, 7) is 1.26. The number of aliphatic hydroxyl groups is 1. The Hall–Kier alpha value is -1.73. The molecule has 1 N–H and O–H groups in total. The summed E-state index contributed by atoms with van der Waals surface area (Å²) >= 11 is 1.80. The number of carbonyl (C=O) groups is 1. The average Bonchev–Trinajstić information content (AvgIpc) is 3.48. The van der Waals surface area contributed by atoms with E-state index >= 15 is 0 Å². The number of anilines is 1. The number of rotatable bonds is 4. The summed E-state index contributed by atoms with van der Waals surface area (Å²) in [6, 6.07) is 0.573. The van der Waals surface area contributed by atoms with Gasteiger partial charge in [-0.15, -0.1) is 11.3 Å². The number of hydrogen-bond acceptors (Lipinski definition) is 6. The van der Waals surface area contributed by atoms with Crippen LogP contribution in [0.3, 0.4) is 0 Å². The van der Waals surface area contributed by atoms with Gasteiger partial charge in [-0.25, -0.2) is 9.97 Å². The van der Waals surface area contributed by atoms with Gasteiger partial charge in [0.05, 0.1) is 17.9 Å². The van der Waals surface area contributed by atoms with E-state index in [4.69, 9.17) is 9.97 Å². The van der Waals surface area contributed by atoms with Crippen molar-refractivity contribution in [2.75, 3.05) is 25.0 Å². The molecule has 3 heterocycles.